The fourth-order valence-corrected chi connectivity index (χ4v) is 5.88. The second-order valence-corrected chi connectivity index (χ2v) is 9.95. The van der Waals surface area contributed by atoms with E-state index >= 15 is 0 Å². The van der Waals surface area contributed by atoms with Gasteiger partial charge in [0.25, 0.3) is 5.91 Å². The minimum atomic E-state index is -3.10. The number of amides is 1. The molecule has 30 heavy (non-hydrogen) atoms. The number of pyridine rings is 1. The molecule has 10 heteroatoms. The van der Waals surface area contributed by atoms with Gasteiger partial charge in [-0.05, 0) is 31.5 Å². The van der Waals surface area contributed by atoms with Crippen molar-refractivity contribution in [3.8, 4) is 11.5 Å². The summed E-state index contributed by atoms with van der Waals surface area (Å²) in [6.07, 6.45) is 2.04. The Morgan fingerprint density at radius 2 is 2.07 bits per heavy atom. The monoisotopic (exact) mass is 430 g/mol. The molecule has 158 valence electrons. The summed E-state index contributed by atoms with van der Waals surface area (Å²) in [6.45, 7) is 3.87. The predicted molar refractivity (Wildman–Crippen MR) is 109 cm³/mol. The standard InChI is InChI=1S/C20H22N4O5S/c1-13-18-15(20(25)23-5-8-28-9-6-23)11-16(17-3-2-7-29-17)21-19(18)24(22-13)14-4-10-30(26,27)12-14/h2-3,7,11,14H,4-6,8-10,12H2,1H3/t14-/m0/s1. The van der Waals surface area contributed by atoms with E-state index in [0.717, 1.165) is 0 Å². The van der Waals surface area contributed by atoms with Gasteiger partial charge in [-0.2, -0.15) is 5.10 Å². The number of hydrogen-bond acceptors (Lipinski definition) is 7. The summed E-state index contributed by atoms with van der Waals surface area (Å²) in [4.78, 5) is 19.9. The van der Waals surface area contributed by atoms with Gasteiger partial charge < -0.3 is 14.1 Å². The van der Waals surface area contributed by atoms with E-state index in [1.54, 1.807) is 34.0 Å². The van der Waals surface area contributed by atoms with E-state index in [1.807, 2.05) is 6.92 Å². The van der Waals surface area contributed by atoms with Gasteiger partial charge in [0.1, 0.15) is 5.69 Å². The highest BCUT2D eigenvalue weighted by molar-refractivity contribution is 7.91. The van der Waals surface area contributed by atoms with Gasteiger partial charge in [0.2, 0.25) is 0 Å². The second kappa shape index (κ2) is 7.21. The fraction of sp³-hybridized carbons (Fsp3) is 0.450. The molecule has 0 spiro atoms. The van der Waals surface area contributed by atoms with Crippen LogP contribution in [0.15, 0.2) is 28.9 Å². The summed E-state index contributed by atoms with van der Waals surface area (Å²) in [5.41, 5.74) is 2.19. The van der Waals surface area contributed by atoms with Gasteiger partial charge in [0, 0.05) is 13.1 Å². The molecule has 3 aromatic rings. The summed E-state index contributed by atoms with van der Waals surface area (Å²) in [5, 5.41) is 5.27. The highest BCUT2D eigenvalue weighted by atomic mass is 32.2. The molecule has 0 aromatic carbocycles. The zero-order valence-electron chi connectivity index (χ0n) is 16.6. The maximum Gasteiger partial charge on any atom is 0.254 e. The summed E-state index contributed by atoms with van der Waals surface area (Å²) in [6, 6.07) is 4.99. The Kier molecular flexibility index (Phi) is 4.62. The van der Waals surface area contributed by atoms with Crippen LogP contribution in [0.5, 0.6) is 0 Å². The van der Waals surface area contributed by atoms with E-state index in [0.29, 0.717) is 66.5 Å². The van der Waals surface area contributed by atoms with Crippen LogP contribution in [0.2, 0.25) is 0 Å². The molecule has 5 rings (SSSR count). The molecular formula is C20H22N4O5S. The van der Waals surface area contributed by atoms with Crippen molar-refractivity contribution in [2.75, 3.05) is 37.8 Å². The molecule has 0 N–H and O–H groups in total. The summed E-state index contributed by atoms with van der Waals surface area (Å²) in [7, 11) is -3.10. The number of hydrogen-bond donors (Lipinski definition) is 0. The molecule has 2 aliphatic rings. The maximum absolute atomic E-state index is 13.4. The highest BCUT2D eigenvalue weighted by Gasteiger charge is 2.33. The number of nitrogens with zero attached hydrogens (tertiary/aromatic N) is 4. The van der Waals surface area contributed by atoms with Gasteiger partial charge in [0.15, 0.2) is 21.2 Å². The van der Waals surface area contributed by atoms with Crippen molar-refractivity contribution in [1.29, 1.82) is 0 Å². The molecule has 0 aliphatic carbocycles. The zero-order valence-corrected chi connectivity index (χ0v) is 17.4. The summed E-state index contributed by atoms with van der Waals surface area (Å²) < 4.78 is 36.7. The summed E-state index contributed by atoms with van der Waals surface area (Å²) >= 11 is 0. The molecule has 5 heterocycles. The molecule has 3 aromatic heterocycles. The van der Waals surface area contributed by atoms with Gasteiger partial charge in [-0.15, -0.1) is 0 Å². The van der Waals surface area contributed by atoms with Crippen LogP contribution < -0.4 is 0 Å². The SMILES string of the molecule is Cc1nn([C@H]2CCS(=O)(=O)C2)c2nc(-c3ccco3)cc(C(=O)N3CCOCC3)c12. The lowest BCUT2D eigenvalue weighted by atomic mass is 10.1. The van der Waals surface area contributed by atoms with E-state index in [-0.39, 0.29) is 23.5 Å². The number of fused-ring (bicyclic) bond motifs is 1. The van der Waals surface area contributed by atoms with Crippen molar-refractivity contribution >= 4 is 26.8 Å². The zero-order chi connectivity index (χ0) is 20.9. The third-order valence-corrected chi connectivity index (χ3v) is 7.44. The number of carbonyl (C=O) groups is 1. The minimum absolute atomic E-state index is 0.0304. The van der Waals surface area contributed by atoms with Crippen molar-refractivity contribution in [3.05, 3.63) is 35.7 Å². The predicted octanol–water partition coefficient (Wildman–Crippen LogP) is 1.83. The molecule has 0 bridgehead atoms. The molecule has 2 aliphatic heterocycles. The first-order chi connectivity index (χ1) is 14.4. The van der Waals surface area contributed by atoms with Crippen LogP contribution >= 0.6 is 0 Å². The molecule has 0 saturated carbocycles. The van der Waals surface area contributed by atoms with Crippen molar-refractivity contribution in [3.63, 3.8) is 0 Å². The average molecular weight is 430 g/mol. The number of aromatic nitrogens is 3. The number of aryl methyl sites for hydroxylation is 1. The van der Waals surface area contributed by atoms with Crippen molar-refractivity contribution in [1.82, 2.24) is 19.7 Å². The molecular weight excluding hydrogens is 408 g/mol. The Morgan fingerprint density at radius 3 is 2.73 bits per heavy atom. The fourth-order valence-electron chi connectivity index (χ4n) is 4.19. The number of rotatable bonds is 3. The third-order valence-electron chi connectivity index (χ3n) is 5.69. The molecule has 0 unspecified atom stereocenters. The van der Waals surface area contributed by atoms with Gasteiger partial charge in [-0.3, -0.25) is 4.79 Å². The molecule has 2 fully saturated rings. The number of carbonyl (C=O) groups excluding carboxylic acids is 1. The lowest BCUT2D eigenvalue weighted by Gasteiger charge is -2.27. The van der Waals surface area contributed by atoms with Crippen LogP contribution in [0.4, 0.5) is 0 Å². The first-order valence-corrected chi connectivity index (χ1v) is 11.8. The first-order valence-electron chi connectivity index (χ1n) is 9.94. The number of morpholine rings is 1. The molecule has 0 radical (unpaired) electrons. The van der Waals surface area contributed by atoms with Crippen LogP contribution in [-0.4, -0.2) is 71.8 Å². The third kappa shape index (κ3) is 3.29. The Labute approximate surface area is 173 Å². The van der Waals surface area contributed by atoms with E-state index in [1.165, 1.54) is 0 Å². The van der Waals surface area contributed by atoms with Crippen LogP contribution in [0.25, 0.3) is 22.5 Å². The van der Waals surface area contributed by atoms with Gasteiger partial charge >= 0.3 is 0 Å². The van der Waals surface area contributed by atoms with E-state index in [9.17, 15) is 13.2 Å². The molecule has 9 nitrogen and oxygen atoms in total. The van der Waals surface area contributed by atoms with Crippen LogP contribution in [-0.2, 0) is 14.6 Å². The highest BCUT2D eigenvalue weighted by Crippen LogP contribution is 2.32. The van der Waals surface area contributed by atoms with Crippen LogP contribution in [0.3, 0.4) is 0 Å². The Hall–Kier alpha value is -2.72. The Bertz CT molecular complexity index is 1210. The largest absolute Gasteiger partial charge is 0.463 e. The number of ether oxygens (including phenoxy) is 1. The van der Waals surface area contributed by atoms with E-state index in [2.05, 4.69) is 5.10 Å². The van der Waals surface area contributed by atoms with Crippen LogP contribution in [0, 0.1) is 6.92 Å². The van der Waals surface area contributed by atoms with Gasteiger partial charge in [-0.1, -0.05) is 0 Å². The van der Waals surface area contributed by atoms with Gasteiger partial charge in [-0.25, -0.2) is 18.1 Å². The average Bonchev–Trinajstić information content (AvgIpc) is 3.47. The second-order valence-electron chi connectivity index (χ2n) is 7.72. The van der Waals surface area contributed by atoms with E-state index in [4.69, 9.17) is 14.1 Å². The normalized spacial score (nSPS) is 21.4. The van der Waals surface area contributed by atoms with Crippen LogP contribution in [0.1, 0.15) is 28.5 Å². The Morgan fingerprint density at radius 1 is 1.27 bits per heavy atom. The Balaban J connectivity index is 1.69. The lowest BCUT2D eigenvalue weighted by molar-refractivity contribution is 0.0304. The molecule has 2 saturated heterocycles. The van der Waals surface area contributed by atoms with Gasteiger partial charge in [0.05, 0.1) is 53.7 Å². The maximum atomic E-state index is 13.4. The quantitative estimate of drug-likeness (QED) is 0.624. The van der Waals surface area contributed by atoms with Crippen molar-refractivity contribution in [2.45, 2.75) is 19.4 Å². The number of sulfone groups is 1. The lowest BCUT2D eigenvalue weighted by Crippen LogP contribution is -2.40. The van der Waals surface area contributed by atoms with Crippen molar-refractivity contribution in [2.24, 2.45) is 0 Å². The summed E-state index contributed by atoms with van der Waals surface area (Å²) in [5.74, 6) is 0.593. The first kappa shape index (κ1) is 19.3. The molecule has 1 amide bonds. The molecule has 1 atom stereocenters. The smallest absolute Gasteiger partial charge is 0.254 e. The minimum Gasteiger partial charge on any atom is -0.463 e. The number of furan rings is 1. The van der Waals surface area contributed by atoms with Crippen molar-refractivity contribution < 1.29 is 22.4 Å². The topological polar surface area (TPSA) is 108 Å². The van der Waals surface area contributed by atoms with E-state index < -0.39 is 9.84 Å².